The molecule has 0 aliphatic heterocycles. The zero-order valence-electron chi connectivity index (χ0n) is 10.3. The smallest absolute Gasteiger partial charge is 0.271 e. The van der Waals surface area contributed by atoms with Crippen LogP contribution >= 0.6 is 0 Å². The van der Waals surface area contributed by atoms with E-state index in [2.05, 4.69) is 0 Å². The highest BCUT2D eigenvalue weighted by molar-refractivity contribution is 6.01. The Labute approximate surface area is 105 Å². The molecule has 0 aliphatic rings. The summed E-state index contributed by atoms with van der Waals surface area (Å²) < 4.78 is 5.11. The number of carbonyl (C=O) groups is 2. The molecule has 0 unspecified atom stereocenters. The summed E-state index contributed by atoms with van der Waals surface area (Å²) in [6, 6.07) is 6.14. The summed E-state index contributed by atoms with van der Waals surface area (Å²) in [6.45, 7) is 2.64. The Hall–Kier alpha value is -1.92. The van der Waals surface area contributed by atoms with Gasteiger partial charge in [-0.2, -0.15) is 0 Å². The highest BCUT2D eigenvalue weighted by Crippen LogP contribution is 2.16. The normalized spacial score (nSPS) is 10.9. The largest absolute Gasteiger partial charge is 0.484 e. The fourth-order valence-electron chi connectivity index (χ4n) is 1.25. The van der Waals surface area contributed by atoms with Crippen LogP contribution in [0.3, 0.4) is 0 Å². The van der Waals surface area contributed by atoms with Crippen molar-refractivity contribution in [3.63, 3.8) is 0 Å². The van der Waals surface area contributed by atoms with Crippen LogP contribution in [0.1, 0.15) is 24.2 Å². The van der Waals surface area contributed by atoms with Crippen molar-refractivity contribution in [1.29, 1.82) is 0 Å². The Kier molecular flexibility index (Phi) is 4.41. The first-order valence-corrected chi connectivity index (χ1v) is 5.34. The molecule has 0 atom stereocenters. The Morgan fingerprint density at radius 3 is 2.33 bits per heavy atom. The standard InChI is InChI=1S/C12H16N2O4/c1-12(2,17)11(16)8-3-5-9(6-4-8)18-7-10(15)14-13/h3-6,17H,7,13H2,1-2H3,(H,14,15). The summed E-state index contributed by atoms with van der Waals surface area (Å²) in [4.78, 5) is 22.6. The van der Waals surface area contributed by atoms with Crippen LogP contribution in [-0.2, 0) is 4.79 Å². The average molecular weight is 252 g/mol. The minimum atomic E-state index is -1.41. The molecule has 1 aromatic carbocycles. The quantitative estimate of drug-likeness (QED) is 0.296. The first-order valence-electron chi connectivity index (χ1n) is 5.34. The molecular formula is C12H16N2O4. The molecule has 1 rings (SSSR count). The van der Waals surface area contributed by atoms with Gasteiger partial charge in [0.05, 0.1) is 0 Å². The number of nitrogens with two attached hydrogens (primary N) is 1. The molecule has 6 nitrogen and oxygen atoms in total. The summed E-state index contributed by atoms with van der Waals surface area (Å²) in [5.41, 5.74) is 0.892. The number of Topliss-reactive ketones (excluding diaryl/α,β-unsaturated/α-hetero) is 1. The molecule has 1 aromatic rings. The number of rotatable bonds is 5. The van der Waals surface area contributed by atoms with Gasteiger partial charge in [0.1, 0.15) is 11.4 Å². The number of carbonyl (C=O) groups excluding carboxylic acids is 2. The average Bonchev–Trinajstić information content (AvgIpc) is 2.34. The topological polar surface area (TPSA) is 102 Å². The molecule has 1 amide bonds. The molecule has 4 N–H and O–H groups in total. The fourth-order valence-corrected chi connectivity index (χ4v) is 1.25. The fraction of sp³-hybridized carbons (Fsp3) is 0.333. The maximum atomic E-state index is 11.7. The SMILES string of the molecule is CC(C)(O)C(=O)c1ccc(OCC(=O)NN)cc1. The molecule has 0 bridgehead atoms. The van der Waals surface area contributed by atoms with Gasteiger partial charge in [-0.1, -0.05) is 0 Å². The van der Waals surface area contributed by atoms with E-state index in [0.717, 1.165) is 0 Å². The summed E-state index contributed by atoms with van der Waals surface area (Å²) in [6.07, 6.45) is 0. The van der Waals surface area contributed by atoms with E-state index in [1.165, 1.54) is 26.0 Å². The van der Waals surface area contributed by atoms with Crippen LogP contribution in [-0.4, -0.2) is 29.0 Å². The van der Waals surface area contributed by atoms with Gasteiger partial charge in [-0.05, 0) is 38.1 Å². The lowest BCUT2D eigenvalue weighted by Gasteiger charge is -2.15. The molecule has 0 aromatic heterocycles. The minimum Gasteiger partial charge on any atom is -0.484 e. The van der Waals surface area contributed by atoms with Gasteiger partial charge in [-0.25, -0.2) is 5.84 Å². The van der Waals surface area contributed by atoms with Gasteiger partial charge in [0.2, 0.25) is 0 Å². The Bertz CT molecular complexity index is 434. The number of benzene rings is 1. The maximum Gasteiger partial charge on any atom is 0.271 e. The first kappa shape index (κ1) is 14.1. The van der Waals surface area contributed by atoms with E-state index in [4.69, 9.17) is 10.6 Å². The van der Waals surface area contributed by atoms with Crippen molar-refractivity contribution < 1.29 is 19.4 Å². The van der Waals surface area contributed by atoms with Crippen molar-refractivity contribution in [1.82, 2.24) is 5.43 Å². The zero-order chi connectivity index (χ0) is 13.8. The van der Waals surface area contributed by atoms with Crippen molar-refractivity contribution in [3.8, 4) is 5.75 Å². The molecule has 0 saturated heterocycles. The molecule has 0 fully saturated rings. The lowest BCUT2D eigenvalue weighted by atomic mass is 9.97. The number of nitrogens with one attached hydrogen (secondary N) is 1. The number of ether oxygens (including phenoxy) is 1. The third kappa shape index (κ3) is 3.83. The van der Waals surface area contributed by atoms with Crippen LogP contribution in [0.4, 0.5) is 0 Å². The van der Waals surface area contributed by atoms with E-state index >= 15 is 0 Å². The summed E-state index contributed by atoms with van der Waals surface area (Å²) >= 11 is 0. The van der Waals surface area contributed by atoms with Gasteiger partial charge in [0.15, 0.2) is 12.4 Å². The molecular weight excluding hydrogens is 236 g/mol. The number of hydrogen-bond acceptors (Lipinski definition) is 5. The van der Waals surface area contributed by atoms with Gasteiger partial charge in [-0.15, -0.1) is 0 Å². The third-order valence-corrected chi connectivity index (χ3v) is 2.20. The van der Waals surface area contributed by atoms with Crippen LogP contribution < -0.4 is 16.0 Å². The second-order valence-corrected chi connectivity index (χ2v) is 4.27. The second kappa shape index (κ2) is 5.61. The predicted octanol–water partition coefficient (Wildman–Crippen LogP) is 0.00890. The van der Waals surface area contributed by atoms with E-state index in [1.807, 2.05) is 5.43 Å². The monoisotopic (exact) mass is 252 g/mol. The minimum absolute atomic E-state index is 0.199. The summed E-state index contributed by atoms with van der Waals surface area (Å²) in [5, 5.41) is 9.57. The van der Waals surface area contributed by atoms with Crippen molar-refractivity contribution in [2.24, 2.45) is 5.84 Å². The van der Waals surface area contributed by atoms with E-state index in [1.54, 1.807) is 12.1 Å². The van der Waals surface area contributed by atoms with Crippen molar-refractivity contribution in [2.45, 2.75) is 19.4 Å². The molecule has 98 valence electrons. The van der Waals surface area contributed by atoms with E-state index < -0.39 is 11.5 Å². The van der Waals surface area contributed by atoms with Crippen molar-refractivity contribution >= 4 is 11.7 Å². The molecule has 0 aliphatic carbocycles. The van der Waals surface area contributed by atoms with Crippen LogP contribution in [0.15, 0.2) is 24.3 Å². The van der Waals surface area contributed by atoms with Crippen molar-refractivity contribution in [2.75, 3.05) is 6.61 Å². The third-order valence-electron chi connectivity index (χ3n) is 2.20. The van der Waals surface area contributed by atoms with E-state index in [-0.39, 0.29) is 12.4 Å². The van der Waals surface area contributed by atoms with Crippen molar-refractivity contribution in [3.05, 3.63) is 29.8 Å². The molecule has 0 spiro atoms. The van der Waals surface area contributed by atoms with E-state index in [0.29, 0.717) is 11.3 Å². The van der Waals surface area contributed by atoms with Gasteiger partial charge < -0.3 is 9.84 Å². The molecule has 0 radical (unpaired) electrons. The van der Waals surface area contributed by atoms with Crippen LogP contribution in [0.25, 0.3) is 0 Å². The summed E-state index contributed by atoms with van der Waals surface area (Å²) in [5.74, 6) is 4.50. The lowest BCUT2D eigenvalue weighted by Crippen LogP contribution is -2.34. The predicted molar refractivity (Wildman–Crippen MR) is 64.9 cm³/mol. The lowest BCUT2D eigenvalue weighted by molar-refractivity contribution is -0.123. The van der Waals surface area contributed by atoms with Gasteiger partial charge in [-0.3, -0.25) is 15.0 Å². The van der Waals surface area contributed by atoms with Crippen LogP contribution in [0.2, 0.25) is 0 Å². The highest BCUT2D eigenvalue weighted by Gasteiger charge is 2.24. The number of amides is 1. The number of aliphatic hydroxyl groups is 1. The Morgan fingerprint density at radius 1 is 1.33 bits per heavy atom. The Morgan fingerprint density at radius 2 is 1.89 bits per heavy atom. The molecule has 0 heterocycles. The number of hydrazine groups is 1. The van der Waals surface area contributed by atoms with Gasteiger partial charge >= 0.3 is 0 Å². The molecule has 18 heavy (non-hydrogen) atoms. The molecule has 0 saturated carbocycles. The zero-order valence-corrected chi connectivity index (χ0v) is 10.3. The second-order valence-electron chi connectivity index (χ2n) is 4.27. The van der Waals surface area contributed by atoms with Crippen LogP contribution in [0, 0.1) is 0 Å². The number of ketones is 1. The highest BCUT2D eigenvalue weighted by atomic mass is 16.5. The Balaban J connectivity index is 2.69. The maximum absolute atomic E-state index is 11.7. The first-order chi connectivity index (χ1) is 8.34. The molecule has 6 heteroatoms. The number of hydrogen-bond donors (Lipinski definition) is 3. The van der Waals surface area contributed by atoms with Gasteiger partial charge in [0.25, 0.3) is 5.91 Å². The van der Waals surface area contributed by atoms with E-state index in [9.17, 15) is 14.7 Å². The summed E-state index contributed by atoms with van der Waals surface area (Å²) in [7, 11) is 0. The van der Waals surface area contributed by atoms with Crippen LogP contribution in [0.5, 0.6) is 5.75 Å². The van der Waals surface area contributed by atoms with Gasteiger partial charge in [0, 0.05) is 5.56 Å².